The van der Waals surface area contributed by atoms with Crippen LogP contribution >= 0.6 is 22.9 Å². The third-order valence-electron chi connectivity index (χ3n) is 2.12. The molecule has 2 unspecified atom stereocenters. The number of carboxylic acid groups (broad SMARTS) is 1. The molecule has 1 heterocycles. The minimum absolute atomic E-state index is 0.103. The summed E-state index contributed by atoms with van der Waals surface area (Å²) >= 11 is 2.12. The second kappa shape index (κ2) is 7.17. The van der Waals surface area contributed by atoms with Gasteiger partial charge in [0.1, 0.15) is 20.6 Å². The summed E-state index contributed by atoms with van der Waals surface area (Å²) in [6, 6.07) is -0.386. The topological polar surface area (TPSA) is 76.1 Å². The molecule has 1 fully saturated rings. The Labute approximate surface area is 115 Å². The molecular weight excluding hydrogens is 340 g/mol. The van der Waals surface area contributed by atoms with E-state index in [-0.39, 0.29) is 31.6 Å². The van der Waals surface area contributed by atoms with Gasteiger partial charge in [-0.15, -0.1) is 0 Å². The molecule has 1 N–H and O–H groups in total. The summed E-state index contributed by atoms with van der Waals surface area (Å²) in [5.74, 6) is -1.55. The molecule has 0 saturated carbocycles. The lowest BCUT2D eigenvalue weighted by atomic mass is 9.98. The number of carboxylic acids is 1. The molecule has 2 atom stereocenters. The molecule has 1 rings (SSSR count). The van der Waals surface area contributed by atoms with E-state index in [1.165, 1.54) is 0 Å². The van der Waals surface area contributed by atoms with E-state index in [0.29, 0.717) is 13.1 Å². The number of hydrogen-bond acceptors (Lipinski definition) is 5. The first-order valence-electron chi connectivity index (χ1n) is 5.16. The fraction of sp³-hybridized carbons (Fsp3) is 0.778. The van der Waals surface area contributed by atoms with E-state index in [9.17, 15) is 9.59 Å². The van der Waals surface area contributed by atoms with Gasteiger partial charge in [-0.2, -0.15) is 0 Å². The fourth-order valence-electron chi connectivity index (χ4n) is 1.38. The van der Waals surface area contributed by atoms with Gasteiger partial charge in [-0.05, 0) is 0 Å². The second-order valence-corrected chi connectivity index (χ2v) is 5.07. The predicted molar refractivity (Wildman–Crippen MR) is 67.8 cm³/mol. The van der Waals surface area contributed by atoms with Crippen LogP contribution in [0.15, 0.2) is 0 Å². The van der Waals surface area contributed by atoms with Gasteiger partial charge in [0.15, 0.2) is 0 Å². The van der Waals surface area contributed by atoms with Crippen LogP contribution in [0.25, 0.3) is 0 Å². The molecule has 94 valence electrons. The number of rotatable bonds is 5. The van der Waals surface area contributed by atoms with Gasteiger partial charge in [-0.3, -0.25) is 9.59 Å². The highest BCUT2D eigenvalue weighted by molar-refractivity contribution is 14.1. The molecule has 2 radical (unpaired) electrons. The van der Waals surface area contributed by atoms with E-state index in [0.717, 1.165) is 0 Å². The maximum absolute atomic E-state index is 11.2. The lowest BCUT2D eigenvalue weighted by Crippen LogP contribution is -2.45. The zero-order valence-corrected chi connectivity index (χ0v) is 11.3. The highest BCUT2D eigenvalue weighted by Gasteiger charge is 2.24. The van der Waals surface area contributed by atoms with Crippen molar-refractivity contribution in [2.75, 3.05) is 19.7 Å². The molecule has 8 heteroatoms. The van der Waals surface area contributed by atoms with E-state index >= 15 is 0 Å². The van der Waals surface area contributed by atoms with Crippen molar-refractivity contribution in [1.29, 1.82) is 0 Å². The quantitative estimate of drug-likeness (QED) is 0.323. The Morgan fingerprint density at radius 2 is 2.18 bits per heavy atom. The molecule has 0 aromatic heterocycles. The van der Waals surface area contributed by atoms with Crippen LogP contribution in [0, 0.1) is 0 Å². The fourth-order valence-corrected chi connectivity index (χ4v) is 2.21. The van der Waals surface area contributed by atoms with Crippen LogP contribution in [0.1, 0.15) is 12.8 Å². The average Bonchev–Trinajstić information content (AvgIpc) is 2.22. The number of nitrogens with zero attached hydrogens (tertiary/aromatic N) is 1. The summed E-state index contributed by atoms with van der Waals surface area (Å²) < 4.78 is 12.2. The maximum Gasteiger partial charge on any atom is 0.306 e. The van der Waals surface area contributed by atoms with Crippen LogP contribution in [0.2, 0.25) is 0 Å². The number of hydrogen-bond donors (Lipinski definition) is 1. The Hall–Kier alpha value is -0.345. The minimum Gasteiger partial charge on any atom is -0.481 e. The van der Waals surface area contributed by atoms with Gasteiger partial charge in [-0.1, -0.05) is 0 Å². The van der Waals surface area contributed by atoms with E-state index in [1.807, 2.05) is 3.11 Å². The molecule has 0 aliphatic carbocycles. The third-order valence-corrected chi connectivity index (χ3v) is 2.91. The highest BCUT2D eigenvalue weighted by atomic mass is 127. The molecule has 0 amide bonds. The van der Waals surface area contributed by atoms with Crippen molar-refractivity contribution in [3.05, 3.63) is 0 Å². The molecule has 6 nitrogen and oxygen atoms in total. The Balaban J connectivity index is 2.21. The zero-order valence-electron chi connectivity index (χ0n) is 9.17. The van der Waals surface area contributed by atoms with Crippen LogP contribution < -0.4 is 0 Å². The summed E-state index contributed by atoms with van der Waals surface area (Å²) in [7, 11) is 5.63. The summed E-state index contributed by atoms with van der Waals surface area (Å²) in [6.45, 7) is 1.36. The summed E-state index contributed by atoms with van der Waals surface area (Å²) in [5.41, 5.74) is 0. The van der Waals surface area contributed by atoms with Crippen molar-refractivity contribution < 1.29 is 24.2 Å². The van der Waals surface area contributed by atoms with Gasteiger partial charge in [0.05, 0.1) is 12.8 Å². The Morgan fingerprint density at radius 1 is 1.47 bits per heavy atom. The molecule has 0 bridgehead atoms. The number of morpholine rings is 1. The van der Waals surface area contributed by atoms with Crippen molar-refractivity contribution in [2.45, 2.75) is 24.9 Å². The van der Waals surface area contributed by atoms with Crippen molar-refractivity contribution in [3.63, 3.8) is 0 Å². The van der Waals surface area contributed by atoms with Crippen molar-refractivity contribution in [2.24, 2.45) is 0 Å². The molecule has 17 heavy (non-hydrogen) atoms. The average molecular weight is 353 g/mol. The molecule has 1 saturated heterocycles. The van der Waals surface area contributed by atoms with Crippen LogP contribution in [-0.4, -0.2) is 59.8 Å². The third kappa shape index (κ3) is 6.22. The lowest BCUT2D eigenvalue weighted by Gasteiger charge is -2.33. The highest BCUT2D eigenvalue weighted by Crippen LogP contribution is 2.13. The number of halogens is 1. The summed E-state index contributed by atoms with van der Waals surface area (Å²) in [4.78, 5) is 21.4. The van der Waals surface area contributed by atoms with Crippen LogP contribution in [0.4, 0.5) is 0 Å². The van der Waals surface area contributed by atoms with Gasteiger partial charge in [0.25, 0.3) is 0 Å². The zero-order chi connectivity index (χ0) is 12.8. The Kier molecular flexibility index (Phi) is 6.21. The van der Waals surface area contributed by atoms with Gasteiger partial charge in [-0.25, -0.2) is 3.11 Å². The van der Waals surface area contributed by atoms with E-state index in [2.05, 4.69) is 22.9 Å². The Bertz CT molecular complexity index is 281. The maximum atomic E-state index is 11.2. The van der Waals surface area contributed by atoms with Gasteiger partial charge >= 0.3 is 11.9 Å². The second-order valence-electron chi connectivity index (χ2n) is 3.70. The first kappa shape index (κ1) is 14.7. The molecule has 1 aliphatic heterocycles. The number of carbonyl (C=O) groups is 2. The molecular formula is C9H13BINO5. The van der Waals surface area contributed by atoms with Gasteiger partial charge in [0.2, 0.25) is 0 Å². The number of carbonyl (C=O) groups excluding carboxylic acids is 1. The van der Waals surface area contributed by atoms with Crippen LogP contribution in [-0.2, 0) is 19.1 Å². The van der Waals surface area contributed by atoms with Crippen LogP contribution in [0.5, 0.6) is 0 Å². The van der Waals surface area contributed by atoms with Crippen LogP contribution in [0.3, 0.4) is 0 Å². The van der Waals surface area contributed by atoms with Gasteiger partial charge in [0, 0.05) is 42.0 Å². The SMILES string of the molecule is [B]C1CN(I)CC(COC(=O)CCC(=O)O)O1. The number of ether oxygens (including phenoxy) is 2. The molecule has 0 aromatic carbocycles. The molecule has 0 aromatic rings. The minimum atomic E-state index is -1.02. The standard InChI is InChI=1S/C9H13BINO5/c10-7-4-12(11)3-6(17-7)5-16-9(15)2-1-8(13)14/h6-7H,1-5H2,(H,13,14). The normalized spacial score (nSPS) is 25.5. The number of aliphatic carboxylic acids is 1. The van der Waals surface area contributed by atoms with Crippen molar-refractivity contribution >= 4 is 42.6 Å². The molecule has 1 aliphatic rings. The first-order valence-corrected chi connectivity index (χ1v) is 6.13. The van der Waals surface area contributed by atoms with E-state index in [1.54, 1.807) is 0 Å². The number of esters is 1. The van der Waals surface area contributed by atoms with Crippen molar-refractivity contribution in [3.8, 4) is 0 Å². The smallest absolute Gasteiger partial charge is 0.306 e. The van der Waals surface area contributed by atoms with E-state index < -0.39 is 11.9 Å². The van der Waals surface area contributed by atoms with Gasteiger partial charge < -0.3 is 14.6 Å². The Morgan fingerprint density at radius 3 is 2.76 bits per heavy atom. The predicted octanol–water partition coefficient (Wildman–Crippen LogP) is -0.0602. The summed E-state index contributed by atoms with van der Waals surface area (Å²) in [5, 5.41) is 8.39. The van der Waals surface area contributed by atoms with Crippen molar-refractivity contribution in [1.82, 2.24) is 3.11 Å². The monoisotopic (exact) mass is 353 g/mol. The summed E-state index contributed by atoms with van der Waals surface area (Å²) in [6.07, 6.45) is -0.603. The molecule has 0 spiro atoms. The lowest BCUT2D eigenvalue weighted by molar-refractivity contribution is -0.152. The largest absolute Gasteiger partial charge is 0.481 e. The van der Waals surface area contributed by atoms with E-state index in [4.69, 9.17) is 22.4 Å². The first-order chi connectivity index (χ1) is 7.97.